The summed E-state index contributed by atoms with van der Waals surface area (Å²) in [6.07, 6.45) is 8.21. The van der Waals surface area contributed by atoms with E-state index in [2.05, 4.69) is 18.4 Å². The van der Waals surface area contributed by atoms with Gasteiger partial charge in [0, 0.05) is 4.88 Å². The van der Waals surface area contributed by atoms with Crippen molar-refractivity contribution in [2.75, 3.05) is 0 Å². The van der Waals surface area contributed by atoms with Crippen molar-refractivity contribution in [1.82, 2.24) is 0 Å². The second kappa shape index (κ2) is 5.33. The van der Waals surface area contributed by atoms with E-state index in [1.54, 1.807) is 11.3 Å². The summed E-state index contributed by atoms with van der Waals surface area (Å²) < 4.78 is 0. The Labute approximate surface area is 103 Å². The van der Waals surface area contributed by atoms with E-state index in [1.165, 1.54) is 37.0 Å². The molecule has 2 atom stereocenters. The summed E-state index contributed by atoms with van der Waals surface area (Å²) in [5, 5.41) is 12.8. The zero-order valence-corrected chi connectivity index (χ0v) is 10.9. The molecule has 1 fully saturated rings. The fourth-order valence-electron chi connectivity index (χ4n) is 2.88. The molecular weight excluding hydrogens is 216 g/mol. The van der Waals surface area contributed by atoms with Gasteiger partial charge in [-0.25, -0.2) is 0 Å². The van der Waals surface area contributed by atoms with Crippen molar-refractivity contribution in [2.24, 2.45) is 5.92 Å². The largest absolute Gasteiger partial charge is 0.384 e. The normalized spacial score (nSPS) is 31.2. The van der Waals surface area contributed by atoms with Crippen molar-refractivity contribution in [3.63, 3.8) is 0 Å². The highest BCUT2D eigenvalue weighted by Crippen LogP contribution is 2.40. The lowest BCUT2D eigenvalue weighted by Gasteiger charge is -2.25. The standard InChI is InChI=1S/C14H22OS/c1-2-5-12-6-3-9-14(15,10-8-12)13-7-4-11-16-13/h4,7,11-12,15H,2-3,5-6,8-10H2,1H3. The SMILES string of the molecule is CCCC1CCCC(O)(c2cccs2)CC1. The van der Waals surface area contributed by atoms with Gasteiger partial charge in [0.15, 0.2) is 0 Å². The maximum absolute atomic E-state index is 10.7. The van der Waals surface area contributed by atoms with Crippen LogP contribution in [0, 0.1) is 5.92 Å². The molecule has 1 aliphatic carbocycles. The first kappa shape index (κ1) is 12.1. The Kier molecular flexibility index (Phi) is 4.04. The van der Waals surface area contributed by atoms with Crippen molar-refractivity contribution < 1.29 is 5.11 Å². The molecule has 16 heavy (non-hydrogen) atoms. The molecule has 0 spiro atoms. The minimum atomic E-state index is -0.517. The van der Waals surface area contributed by atoms with Gasteiger partial charge < -0.3 is 5.11 Å². The van der Waals surface area contributed by atoms with Gasteiger partial charge in [-0.2, -0.15) is 0 Å². The molecule has 2 rings (SSSR count). The van der Waals surface area contributed by atoms with Crippen molar-refractivity contribution >= 4 is 11.3 Å². The van der Waals surface area contributed by atoms with E-state index in [-0.39, 0.29) is 0 Å². The summed E-state index contributed by atoms with van der Waals surface area (Å²) in [7, 11) is 0. The minimum absolute atomic E-state index is 0.517. The van der Waals surface area contributed by atoms with Crippen LogP contribution in [0.15, 0.2) is 17.5 Å². The van der Waals surface area contributed by atoms with Crippen LogP contribution >= 0.6 is 11.3 Å². The van der Waals surface area contributed by atoms with Gasteiger partial charge >= 0.3 is 0 Å². The summed E-state index contributed by atoms with van der Waals surface area (Å²) >= 11 is 1.70. The van der Waals surface area contributed by atoms with E-state index in [0.29, 0.717) is 0 Å². The van der Waals surface area contributed by atoms with E-state index >= 15 is 0 Å². The van der Waals surface area contributed by atoms with E-state index in [0.717, 1.165) is 18.8 Å². The zero-order valence-electron chi connectivity index (χ0n) is 10.1. The molecule has 0 amide bonds. The van der Waals surface area contributed by atoms with Crippen molar-refractivity contribution in [3.05, 3.63) is 22.4 Å². The molecule has 0 bridgehead atoms. The number of aliphatic hydroxyl groups is 1. The van der Waals surface area contributed by atoms with Crippen LogP contribution in [0.3, 0.4) is 0 Å². The molecular formula is C14H22OS. The third-order valence-corrected chi connectivity index (χ3v) is 4.91. The van der Waals surface area contributed by atoms with Gasteiger partial charge in [-0.15, -0.1) is 11.3 Å². The average Bonchev–Trinajstić information content (AvgIpc) is 2.74. The van der Waals surface area contributed by atoms with Gasteiger partial charge in [0.25, 0.3) is 0 Å². The average molecular weight is 238 g/mol. The lowest BCUT2D eigenvalue weighted by atomic mass is 9.91. The van der Waals surface area contributed by atoms with E-state index in [4.69, 9.17) is 0 Å². The Hall–Kier alpha value is -0.340. The number of hydrogen-bond acceptors (Lipinski definition) is 2. The molecule has 1 N–H and O–H groups in total. The highest BCUT2D eigenvalue weighted by Gasteiger charge is 2.32. The monoisotopic (exact) mass is 238 g/mol. The topological polar surface area (TPSA) is 20.2 Å². The molecule has 2 unspecified atom stereocenters. The molecule has 90 valence electrons. The van der Waals surface area contributed by atoms with Gasteiger partial charge in [-0.1, -0.05) is 32.3 Å². The Bertz CT molecular complexity index is 307. The Morgan fingerprint density at radius 1 is 1.44 bits per heavy atom. The van der Waals surface area contributed by atoms with Crippen LogP contribution in [0.5, 0.6) is 0 Å². The maximum atomic E-state index is 10.7. The number of rotatable bonds is 3. The summed E-state index contributed by atoms with van der Waals surface area (Å²) in [6.45, 7) is 2.26. The first-order chi connectivity index (χ1) is 7.74. The van der Waals surface area contributed by atoms with Gasteiger partial charge in [0.1, 0.15) is 0 Å². The van der Waals surface area contributed by atoms with Crippen LogP contribution in [0.4, 0.5) is 0 Å². The van der Waals surface area contributed by atoms with E-state index < -0.39 is 5.60 Å². The van der Waals surface area contributed by atoms with E-state index in [9.17, 15) is 5.11 Å². The number of hydrogen-bond donors (Lipinski definition) is 1. The number of thiophene rings is 1. The van der Waals surface area contributed by atoms with Crippen LogP contribution < -0.4 is 0 Å². The van der Waals surface area contributed by atoms with Crippen LogP contribution in [-0.4, -0.2) is 5.11 Å². The third-order valence-electron chi connectivity index (χ3n) is 3.85. The second-order valence-corrected chi connectivity index (χ2v) is 6.04. The van der Waals surface area contributed by atoms with Gasteiger partial charge in [-0.3, -0.25) is 0 Å². The quantitative estimate of drug-likeness (QED) is 0.778. The first-order valence-electron chi connectivity index (χ1n) is 6.51. The fraction of sp³-hybridized carbons (Fsp3) is 0.714. The predicted molar refractivity (Wildman–Crippen MR) is 69.7 cm³/mol. The summed E-state index contributed by atoms with van der Waals surface area (Å²) in [4.78, 5) is 1.17. The summed E-state index contributed by atoms with van der Waals surface area (Å²) in [5.41, 5.74) is -0.517. The molecule has 1 aliphatic rings. The second-order valence-electron chi connectivity index (χ2n) is 5.09. The van der Waals surface area contributed by atoms with Crippen LogP contribution in [0.2, 0.25) is 0 Å². The lowest BCUT2D eigenvalue weighted by molar-refractivity contribution is 0.0232. The smallest absolute Gasteiger partial charge is 0.0987 e. The highest BCUT2D eigenvalue weighted by atomic mass is 32.1. The van der Waals surface area contributed by atoms with Crippen molar-refractivity contribution in [3.8, 4) is 0 Å². The van der Waals surface area contributed by atoms with Gasteiger partial charge in [0.2, 0.25) is 0 Å². The molecule has 1 heterocycles. The Morgan fingerprint density at radius 3 is 3.00 bits per heavy atom. The first-order valence-corrected chi connectivity index (χ1v) is 7.39. The zero-order chi connectivity index (χ0) is 11.4. The highest BCUT2D eigenvalue weighted by molar-refractivity contribution is 7.10. The van der Waals surface area contributed by atoms with Gasteiger partial charge in [-0.05, 0) is 43.0 Å². The predicted octanol–water partition coefficient (Wildman–Crippen LogP) is 4.32. The molecule has 1 nitrogen and oxygen atoms in total. The summed E-state index contributed by atoms with van der Waals surface area (Å²) in [6, 6.07) is 4.14. The third kappa shape index (κ3) is 2.67. The molecule has 1 aromatic heterocycles. The molecule has 0 saturated heterocycles. The lowest BCUT2D eigenvalue weighted by Crippen LogP contribution is -2.23. The maximum Gasteiger partial charge on any atom is 0.0987 e. The van der Waals surface area contributed by atoms with Crippen molar-refractivity contribution in [2.45, 2.75) is 57.5 Å². The van der Waals surface area contributed by atoms with E-state index in [1.807, 2.05) is 6.07 Å². The molecule has 1 aromatic rings. The molecule has 1 saturated carbocycles. The Morgan fingerprint density at radius 2 is 2.31 bits per heavy atom. The molecule has 0 aliphatic heterocycles. The molecule has 0 aromatic carbocycles. The summed E-state index contributed by atoms with van der Waals surface area (Å²) in [5.74, 6) is 0.846. The van der Waals surface area contributed by atoms with Crippen LogP contribution in [-0.2, 0) is 5.60 Å². The molecule has 2 heteroatoms. The van der Waals surface area contributed by atoms with Crippen LogP contribution in [0.1, 0.15) is 56.7 Å². The Balaban J connectivity index is 2.02. The van der Waals surface area contributed by atoms with Gasteiger partial charge in [0.05, 0.1) is 5.60 Å². The van der Waals surface area contributed by atoms with Crippen molar-refractivity contribution in [1.29, 1.82) is 0 Å². The fourth-order valence-corrected chi connectivity index (χ4v) is 3.77. The minimum Gasteiger partial charge on any atom is -0.384 e. The molecule has 0 radical (unpaired) electrons. The van der Waals surface area contributed by atoms with Crippen LogP contribution in [0.25, 0.3) is 0 Å².